The second kappa shape index (κ2) is 13.0. The maximum Gasteiger partial charge on any atom is 0.227 e. The summed E-state index contributed by atoms with van der Waals surface area (Å²) in [5, 5.41) is 15.4. The number of rotatable bonds is 14. The van der Waals surface area contributed by atoms with E-state index in [1.54, 1.807) is 23.9 Å². The smallest absolute Gasteiger partial charge is 0.227 e. The van der Waals surface area contributed by atoms with Gasteiger partial charge in [0.1, 0.15) is 11.6 Å². The van der Waals surface area contributed by atoms with E-state index >= 15 is 0 Å². The van der Waals surface area contributed by atoms with Crippen molar-refractivity contribution in [2.75, 3.05) is 26.8 Å². The summed E-state index contributed by atoms with van der Waals surface area (Å²) in [4.78, 5) is 2.15. The highest BCUT2D eigenvalue weighted by Crippen LogP contribution is 2.32. The Labute approximate surface area is 201 Å². The molecule has 1 N–H and O–H groups in total. The van der Waals surface area contributed by atoms with Gasteiger partial charge < -0.3 is 14.6 Å². The molecule has 1 heterocycles. The Morgan fingerprint density at radius 3 is 2.56 bits per heavy atom. The molecule has 34 heavy (non-hydrogen) atoms. The molecule has 1 unspecified atom stereocenters. The summed E-state index contributed by atoms with van der Waals surface area (Å²) in [6, 6.07) is 15.7. The number of aryl methyl sites for hydroxylation is 1. The fraction of sp³-hybridized carbons (Fsp3) is 0.370. The maximum absolute atomic E-state index is 13.5. The van der Waals surface area contributed by atoms with Crippen molar-refractivity contribution in [3.05, 3.63) is 84.3 Å². The number of halogens is 1. The van der Waals surface area contributed by atoms with Crippen molar-refractivity contribution in [1.82, 2.24) is 14.7 Å². The molecule has 2 aromatic carbocycles. The minimum absolute atomic E-state index is 0.322. The standard InChI is InChI=1S/C27H34FN3O3/c1-4-6-12-23(32)19-30(17-18-33-3)20-25-26(5-2)29-31(22-10-8-7-9-11-22)27(25)34-24-15-13-21(28)14-16-24/h4,7-11,13-16,23,32H,1,5-6,12,17-20H2,2-3H3. The molecule has 3 aromatic rings. The summed E-state index contributed by atoms with van der Waals surface area (Å²) in [6.45, 7) is 8.01. The van der Waals surface area contributed by atoms with E-state index in [9.17, 15) is 9.50 Å². The minimum Gasteiger partial charge on any atom is -0.439 e. The molecule has 0 aliphatic rings. The molecule has 0 fully saturated rings. The summed E-state index contributed by atoms with van der Waals surface area (Å²) < 4.78 is 26.9. The van der Waals surface area contributed by atoms with Gasteiger partial charge >= 0.3 is 0 Å². The summed E-state index contributed by atoms with van der Waals surface area (Å²) in [7, 11) is 1.67. The highest BCUT2D eigenvalue weighted by Gasteiger charge is 2.23. The molecule has 0 radical (unpaired) electrons. The van der Waals surface area contributed by atoms with Crippen molar-refractivity contribution in [2.24, 2.45) is 0 Å². The molecule has 0 saturated heterocycles. The van der Waals surface area contributed by atoms with Crippen molar-refractivity contribution >= 4 is 0 Å². The van der Waals surface area contributed by atoms with Crippen LogP contribution in [0.2, 0.25) is 0 Å². The number of aliphatic hydroxyl groups is 1. The second-order valence-electron chi connectivity index (χ2n) is 8.14. The first kappa shape index (κ1) is 25.6. The zero-order valence-corrected chi connectivity index (χ0v) is 20.0. The topological polar surface area (TPSA) is 59.8 Å². The van der Waals surface area contributed by atoms with Crippen molar-refractivity contribution in [2.45, 2.75) is 38.8 Å². The van der Waals surface area contributed by atoms with Crippen LogP contribution in [0.5, 0.6) is 11.6 Å². The van der Waals surface area contributed by atoms with Crippen LogP contribution in [0, 0.1) is 5.82 Å². The Kier molecular flexibility index (Phi) is 9.82. The van der Waals surface area contributed by atoms with Crippen LogP contribution in [0.4, 0.5) is 4.39 Å². The first-order valence-corrected chi connectivity index (χ1v) is 11.7. The predicted octanol–water partition coefficient (Wildman–Crippen LogP) is 5.14. The molecule has 182 valence electrons. The lowest BCUT2D eigenvalue weighted by atomic mass is 10.1. The van der Waals surface area contributed by atoms with E-state index in [4.69, 9.17) is 14.6 Å². The number of allylic oxidation sites excluding steroid dienone is 1. The highest BCUT2D eigenvalue weighted by molar-refractivity contribution is 5.43. The number of hydrogen-bond donors (Lipinski definition) is 1. The van der Waals surface area contributed by atoms with Crippen LogP contribution in [-0.4, -0.2) is 52.7 Å². The van der Waals surface area contributed by atoms with Crippen molar-refractivity contribution in [3.63, 3.8) is 0 Å². The van der Waals surface area contributed by atoms with Gasteiger partial charge in [-0.05, 0) is 55.7 Å². The third-order valence-corrected chi connectivity index (χ3v) is 5.55. The Morgan fingerprint density at radius 1 is 1.18 bits per heavy atom. The quantitative estimate of drug-likeness (QED) is 0.333. The molecule has 0 spiro atoms. The Hall–Kier alpha value is -3.00. The van der Waals surface area contributed by atoms with Crippen LogP contribution in [0.3, 0.4) is 0 Å². The van der Waals surface area contributed by atoms with Gasteiger partial charge in [-0.2, -0.15) is 5.10 Å². The van der Waals surface area contributed by atoms with E-state index in [-0.39, 0.29) is 5.82 Å². The molecule has 1 aromatic heterocycles. The number of hydrogen-bond acceptors (Lipinski definition) is 5. The molecule has 1 atom stereocenters. The molecule has 0 amide bonds. The summed E-state index contributed by atoms with van der Waals surface area (Å²) in [6.07, 6.45) is 3.45. The molecular weight excluding hydrogens is 433 g/mol. The number of aliphatic hydroxyl groups excluding tert-OH is 1. The zero-order valence-electron chi connectivity index (χ0n) is 20.0. The summed E-state index contributed by atoms with van der Waals surface area (Å²) in [5.41, 5.74) is 2.71. The van der Waals surface area contributed by atoms with Gasteiger partial charge in [0.05, 0.1) is 29.7 Å². The van der Waals surface area contributed by atoms with Gasteiger partial charge in [0, 0.05) is 26.7 Å². The van der Waals surface area contributed by atoms with E-state index < -0.39 is 6.10 Å². The van der Waals surface area contributed by atoms with Crippen LogP contribution in [0.15, 0.2) is 67.3 Å². The fourth-order valence-electron chi connectivity index (χ4n) is 3.76. The molecular formula is C27H34FN3O3. The second-order valence-corrected chi connectivity index (χ2v) is 8.14. The highest BCUT2D eigenvalue weighted by atomic mass is 19.1. The molecule has 3 rings (SSSR count). The molecule has 0 aliphatic carbocycles. The first-order valence-electron chi connectivity index (χ1n) is 11.7. The van der Waals surface area contributed by atoms with Crippen molar-refractivity contribution < 1.29 is 19.0 Å². The van der Waals surface area contributed by atoms with E-state index in [1.807, 2.05) is 36.4 Å². The Morgan fingerprint density at radius 2 is 1.91 bits per heavy atom. The third-order valence-electron chi connectivity index (χ3n) is 5.55. The number of aromatic nitrogens is 2. The average Bonchev–Trinajstić information content (AvgIpc) is 3.20. The van der Waals surface area contributed by atoms with Crippen LogP contribution < -0.4 is 4.74 Å². The normalized spacial score (nSPS) is 12.1. The Bertz CT molecular complexity index is 1020. The van der Waals surface area contributed by atoms with Gasteiger partial charge in [0.25, 0.3) is 0 Å². The minimum atomic E-state index is -0.481. The van der Waals surface area contributed by atoms with Crippen LogP contribution in [0.25, 0.3) is 5.69 Å². The van der Waals surface area contributed by atoms with Crippen LogP contribution in [-0.2, 0) is 17.7 Å². The largest absolute Gasteiger partial charge is 0.439 e. The van der Waals surface area contributed by atoms with Gasteiger partial charge in [0.15, 0.2) is 0 Å². The molecule has 6 nitrogen and oxygen atoms in total. The number of benzene rings is 2. The SMILES string of the molecule is C=CCCC(O)CN(CCOC)Cc1c(CC)nn(-c2ccccc2)c1Oc1ccc(F)cc1. The predicted molar refractivity (Wildman–Crippen MR) is 132 cm³/mol. The maximum atomic E-state index is 13.5. The lowest BCUT2D eigenvalue weighted by Crippen LogP contribution is -2.34. The summed E-state index contributed by atoms with van der Waals surface area (Å²) in [5.74, 6) is 0.784. The zero-order chi connectivity index (χ0) is 24.3. The number of nitrogens with zero attached hydrogens (tertiary/aromatic N) is 3. The van der Waals surface area contributed by atoms with Crippen LogP contribution >= 0.6 is 0 Å². The van der Waals surface area contributed by atoms with E-state index in [2.05, 4.69) is 18.4 Å². The van der Waals surface area contributed by atoms with Gasteiger partial charge in [-0.15, -0.1) is 6.58 Å². The van der Waals surface area contributed by atoms with Gasteiger partial charge in [0.2, 0.25) is 5.88 Å². The van der Waals surface area contributed by atoms with E-state index in [0.717, 1.165) is 23.4 Å². The monoisotopic (exact) mass is 467 g/mol. The molecule has 0 bridgehead atoms. The lowest BCUT2D eigenvalue weighted by Gasteiger charge is -2.25. The van der Waals surface area contributed by atoms with Gasteiger partial charge in [-0.1, -0.05) is 31.2 Å². The van der Waals surface area contributed by atoms with E-state index in [0.29, 0.717) is 50.7 Å². The van der Waals surface area contributed by atoms with Crippen molar-refractivity contribution in [1.29, 1.82) is 0 Å². The summed E-state index contributed by atoms with van der Waals surface area (Å²) >= 11 is 0. The van der Waals surface area contributed by atoms with Crippen LogP contribution in [0.1, 0.15) is 31.0 Å². The lowest BCUT2D eigenvalue weighted by molar-refractivity contribution is 0.0804. The molecule has 7 heteroatoms. The molecule has 0 saturated carbocycles. The third kappa shape index (κ3) is 7.00. The van der Waals surface area contributed by atoms with Gasteiger partial charge in [-0.25, -0.2) is 9.07 Å². The molecule has 0 aliphatic heterocycles. The number of para-hydroxylation sites is 1. The fourth-order valence-corrected chi connectivity index (χ4v) is 3.76. The Balaban J connectivity index is 1.99. The van der Waals surface area contributed by atoms with E-state index in [1.165, 1.54) is 12.1 Å². The first-order chi connectivity index (χ1) is 16.5. The van der Waals surface area contributed by atoms with Gasteiger partial charge in [-0.3, -0.25) is 4.90 Å². The van der Waals surface area contributed by atoms with Crippen molar-refractivity contribution in [3.8, 4) is 17.3 Å². The average molecular weight is 468 g/mol. The number of methoxy groups -OCH3 is 1. The number of ether oxygens (including phenoxy) is 2.